The molecule has 0 aliphatic carbocycles. The first kappa shape index (κ1) is 15.2. The van der Waals surface area contributed by atoms with Crippen LogP contribution < -0.4 is 4.74 Å². The van der Waals surface area contributed by atoms with Crippen molar-refractivity contribution in [3.8, 4) is 5.75 Å². The summed E-state index contributed by atoms with van der Waals surface area (Å²) in [5, 5.41) is 8.68. The van der Waals surface area contributed by atoms with E-state index in [0.29, 0.717) is 6.61 Å². The quantitative estimate of drug-likeness (QED) is 0.830. The van der Waals surface area contributed by atoms with Crippen LogP contribution in [-0.4, -0.2) is 23.8 Å². The third-order valence-corrected chi connectivity index (χ3v) is 2.42. The van der Waals surface area contributed by atoms with Crippen molar-refractivity contribution in [1.82, 2.24) is 0 Å². The molecule has 0 saturated carbocycles. The molecule has 1 aromatic rings. The Balaban J connectivity index is 2.99. The van der Waals surface area contributed by atoms with Crippen molar-refractivity contribution in [1.29, 1.82) is 0 Å². The maximum Gasteiger partial charge on any atom is 0.328 e. The Morgan fingerprint density at radius 1 is 1.37 bits per heavy atom. The third-order valence-electron chi connectivity index (χ3n) is 2.42. The summed E-state index contributed by atoms with van der Waals surface area (Å²) in [7, 11) is 1.59. The predicted molar refractivity (Wildman–Crippen MR) is 74.2 cm³/mol. The molecule has 104 valence electrons. The average molecular weight is 264 g/mol. The van der Waals surface area contributed by atoms with E-state index in [2.05, 4.69) is 0 Å². The van der Waals surface area contributed by atoms with Gasteiger partial charge < -0.3 is 14.6 Å². The highest BCUT2D eigenvalue weighted by atomic mass is 16.5. The van der Waals surface area contributed by atoms with Gasteiger partial charge in [0.25, 0.3) is 0 Å². The largest absolute Gasteiger partial charge is 0.497 e. The van der Waals surface area contributed by atoms with Gasteiger partial charge in [0.2, 0.25) is 0 Å². The normalized spacial score (nSPS) is 11.8. The lowest BCUT2D eigenvalue weighted by molar-refractivity contribution is -0.131. The number of carboxylic acid groups (broad SMARTS) is 1. The van der Waals surface area contributed by atoms with Crippen molar-refractivity contribution in [3.05, 3.63) is 35.4 Å². The Labute approximate surface area is 113 Å². The highest BCUT2D eigenvalue weighted by molar-refractivity contribution is 5.85. The molecule has 0 atom stereocenters. The molecule has 0 saturated heterocycles. The van der Waals surface area contributed by atoms with Gasteiger partial charge in [-0.3, -0.25) is 0 Å². The molecule has 4 heteroatoms. The molecule has 0 aromatic heterocycles. The topological polar surface area (TPSA) is 55.8 Å². The van der Waals surface area contributed by atoms with Gasteiger partial charge in [0.05, 0.1) is 19.3 Å². The monoisotopic (exact) mass is 264 g/mol. The SMILES string of the molecule is COc1ccc(C=CC(=O)O)c(COC(C)(C)C)c1. The van der Waals surface area contributed by atoms with Crippen LogP contribution >= 0.6 is 0 Å². The van der Waals surface area contributed by atoms with E-state index >= 15 is 0 Å². The van der Waals surface area contributed by atoms with Gasteiger partial charge in [0, 0.05) is 6.08 Å². The van der Waals surface area contributed by atoms with Crippen LogP contribution in [-0.2, 0) is 16.1 Å². The van der Waals surface area contributed by atoms with Gasteiger partial charge in [-0.05, 0) is 50.1 Å². The van der Waals surface area contributed by atoms with E-state index in [1.54, 1.807) is 19.3 Å². The molecule has 0 aliphatic heterocycles. The number of rotatable bonds is 5. The number of aliphatic carboxylic acids is 1. The highest BCUT2D eigenvalue weighted by Gasteiger charge is 2.12. The molecular formula is C15H20O4. The lowest BCUT2D eigenvalue weighted by atomic mass is 10.1. The molecule has 0 bridgehead atoms. The van der Waals surface area contributed by atoms with Crippen LogP contribution in [0.2, 0.25) is 0 Å². The number of benzene rings is 1. The summed E-state index contributed by atoms with van der Waals surface area (Å²) < 4.78 is 10.9. The number of carboxylic acids is 1. The van der Waals surface area contributed by atoms with Crippen molar-refractivity contribution in [2.24, 2.45) is 0 Å². The molecule has 0 unspecified atom stereocenters. The summed E-state index contributed by atoms with van der Waals surface area (Å²) in [4.78, 5) is 10.6. The summed E-state index contributed by atoms with van der Waals surface area (Å²) in [5.41, 5.74) is 1.45. The lowest BCUT2D eigenvalue weighted by Crippen LogP contribution is -2.19. The minimum atomic E-state index is -0.974. The Bertz CT molecular complexity index is 470. The zero-order valence-electron chi connectivity index (χ0n) is 11.8. The number of methoxy groups -OCH3 is 1. The van der Waals surface area contributed by atoms with E-state index in [9.17, 15) is 4.79 Å². The Morgan fingerprint density at radius 2 is 2.05 bits per heavy atom. The zero-order valence-corrected chi connectivity index (χ0v) is 11.8. The van der Waals surface area contributed by atoms with Crippen LogP contribution in [0.5, 0.6) is 5.75 Å². The summed E-state index contributed by atoms with van der Waals surface area (Å²) in [6.07, 6.45) is 2.67. The highest BCUT2D eigenvalue weighted by Crippen LogP contribution is 2.22. The molecule has 1 rings (SSSR count). The Hall–Kier alpha value is -1.81. The van der Waals surface area contributed by atoms with Gasteiger partial charge in [0.15, 0.2) is 0 Å². The Kier molecular flexibility index (Phi) is 5.12. The minimum absolute atomic E-state index is 0.253. The second kappa shape index (κ2) is 6.38. The average Bonchev–Trinajstić information content (AvgIpc) is 2.33. The van der Waals surface area contributed by atoms with Crippen LogP contribution in [0.1, 0.15) is 31.9 Å². The maximum atomic E-state index is 10.6. The molecule has 4 nitrogen and oxygen atoms in total. The first-order chi connectivity index (χ1) is 8.81. The fourth-order valence-electron chi connectivity index (χ4n) is 1.45. The van der Waals surface area contributed by atoms with Crippen molar-refractivity contribution < 1.29 is 19.4 Å². The summed E-state index contributed by atoms with van der Waals surface area (Å²) in [6.45, 7) is 6.32. The molecule has 19 heavy (non-hydrogen) atoms. The molecule has 0 amide bonds. The summed E-state index contributed by atoms with van der Waals surface area (Å²) in [6, 6.07) is 5.47. The van der Waals surface area contributed by atoms with E-state index in [4.69, 9.17) is 14.6 Å². The molecule has 0 radical (unpaired) electrons. The number of hydrogen-bond donors (Lipinski definition) is 1. The van der Waals surface area contributed by atoms with Crippen LogP contribution in [0.25, 0.3) is 6.08 Å². The van der Waals surface area contributed by atoms with E-state index in [1.807, 2.05) is 32.9 Å². The second-order valence-electron chi connectivity index (χ2n) is 5.14. The summed E-state index contributed by atoms with van der Waals surface area (Å²) in [5.74, 6) is -0.251. The smallest absolute Gasteiger partial charge is 0.328 e. The van der Waals surface area contributed by atoms with Gasteiger partial charge in [0.1, 0.15) is 5.75 Å². The van der Waals surface area contributed by atoms with E-state index in [1.165, 1.54) is 0 Å². The summed E-state index contributed by atoms with van der Waals surface area (Å²) >= 11 is 0. The van der Waals surface area contributed by atoms with Gasteiger partial charge in [-0.25, -0.2) is 4.79 Å². The van der Waals surface area contributed by atoms with Crippen molar-refractivity contribution in [2.75, 3.05) is 7.11 Å². The number of ether oxygens (including phenoxy) is 2. The molecule has 1 aromatic carbocycles. The standard InChI is InChI=1S/C15H20O4/c1-15(2,3)19-10-12-9-13(18-4)7-5-11(12)6-8-14(16)17/h5-9H,10H2,1-4H3,(H,16,17). The van der Waals surface area contributed by atoms with Crippen LogP contribution in [0, 0.1) is 0 Å². The zero-order chi connectivity index (χ0) is 14.5. The maximum absolute atomic E-state index is 10.6. The van der Waals surface area contributed by atoms with Crippen molar-refractivity contribution in [2.45, 2.75) is 33.0 Å². The van der Waals surface area contributed by atoms with E-state index in [-0.39, 0.29) is 5.60 Å². The van der Waals surface area contributed by atoms with Crippen molar-refractivity contribution >= 4 is 12.0 Å². The second-order valence-corrected chi connectivity index (χ2v) is 5.14. The molecule has 0 heterocycles. The number of carbonyl (C=O) groups is 1. The molecule has 1 N–H and O–H groups in total. The predicted octanol–water partition coefficient (Wildman–Crippen LogP) is 3.11. The minimum Gasteiger partial charge on any atom is -0.497 e. The third kappa shape index (κ3) is 5.57. The molecule has 0 spiro atoms. The van der Waals surface area contributed by atoms with E-state index < -0.39 is 5.97 Å². The van der Waals surface area contributed by atoms with E-state index in [0.717, 1.165) is 23.0 Å². The molecule has 0 fully saturated rings. The van der Waals surface area contributed by atoms with Gasteiger partial charge >= 0.3 is 5.97 Å². The van der Waals surface area contributed by atoms with Crippen LogP contribution in [0.3, 0.4) is 0 Å². The Morgan fingerprint density at radius 3 is 2.58 bits per heavy atom. The first-order valence-electron chi connectivity index (χ1n) is 6.04. The number of hydrogen-bond acceptors (Lipinski definition) is 3. The van der Waals surface area contributed by atoms with Crippen LogP contribution in [0.4, 0.5) is 0 Å². The van der Waals surface area contributed by atoms with Gasteiger partial charge in [-0.2, -0.15) is 0 Å². The first-order valence-corrected chi connectivity index (χ1v) is 6.04. The molecule has 0 aliphatic rings. The van der Waals surface area contributed by atoms with Gasteiger partial charge in [-0.15, -0.1) is 0 Å². The van der Waals surface area contributed by atoms with Crippen molar-refractivity contribution in [3.63, 3.8) is 0 Å². The fourth-order valence-corrected chi connectivity index (χ4v) is 1.45. The molecular weight excluding hydrogens is 244 g/mol. The van der Waals surface area contributed by atoms with Gasteiger partial charge in [-0.1, -0.05) is 6.07 Å². The fraction of sp³-hybridized carbons (Fsp3) is 0.400. The van der Waals surface area contributed by atoms with Crippen LogP contribution in [0.15, 0.2) is 24.3 Å². The lowest BCUT2D eigenvalue weighted by Gasteiger charge is -2.20.